The summed E-state index contributed by atoms with van der Waals surface area (Å²) in [5.74, 6) is 0.0224. The maximum Gasteiger partial charge on any atom is 0.174 e. The predicted molar refractivity (Wildman–Crippen MR) is 231 cm³/mol. The highest BCUT2D eigenvalue weighted by molar-refractivity contribution is 6.05. The largest absolute Gasteiger partial charge is 0.508 e. The number of phenols is 4. The van der Waals surface area contributed by atoms with Gasteiger partial charge in [0.2, 0.25) is 0 Å². The number of phenolic OH excluding ortho intramolecular Hbond substituents is 4. The van der Waals surface area contributed by atoms with E-state index in [1.165, 1.54) is 41.5 Å². The highest BCUT2D eigenvalue weighted by atomic mass is 16.5. The van der Waals surface area contributed by atoms with E-state index in [0.717, 1.165) is 12.8 Å². The summed E-state index contributed by atoms with van der Waals surface area (Å²) in [6.45, 7) is 12.1. The lowest BCUT2D eigenvalue weighted by atomic mass is 9.90. The maximum absolute atomic E-state index is 13.7. The summed E-state index contributed by atoms with van der Waals surface area (Å²) < 4.78 is 31.9. The zero-order valence-corrected chi connectivity index (χ0v) is 35.1. The zero-order chi connectivity index (χ0) is 43.4. The van der Waals surface area contributed by atoms with Crippen molar-refractivity contribution in [3.05, 3.63) is 117 Å². The SMILES string of the molecule is CC(C)=CCCC1(C)C=Cc2c(cc(O)c3c2OC(c2ccc(Oc4cc(O)ccc4C4CC(=O)c5c(O)cc6c(c5O4)C=CC(C)(CCC=C(C)C)O6)cc2O)CC3=O)O1. The summed E-state index contributed by atoms with van der Waals surface area (Å²) >= 11 is 0. The van der Waals surface area contributed by atoms with Crippen LogP contribution in [0.15, 0.2) is 84.0 Å². The third kappa shape index (κ3) is 8.16. The Bertz CT molecular complexity index is 2590. The fourth-order valence-corrected chi connectivity index (χ4v) is 8.31. The summed E-state index contributed by atoms with van der Waals surface area (Å²) in [5, 5.41) is 43.9. The summed E-state index contributed by atoms with van der Waals surface area (Å²) in [6, 6.07) is 11.9. The minimum Gasteiger partial charge on any atom is -0.508 e. The van der Waals surface area contributed by atoms with E-state index in [2.05, 4.69) is 12.2 Å². The van der Waals surface area contributed by atoms with Gasteiger partial charge in [0.25, 0.3) is 0 Å². The monoisotopic (exact) mass is 826 g/mol. The Morgan fingerprint density at radius 1 is 0.672 bits per heavy atom. The van der Waals surface area contributed by atoms with Gasteiger partial charge in [0, 0.05) is 35.4 Å². The van der Waals surface area contributed by atoms with Crippen LogP contribution >= 0.6 is 0 Å². The quantitative estimate of drug-likeness (QED) is 0.113. The van der Waals surface area contributed by atoms with Crippen LogP contribution in [0.5, 0.6) is 57.5 Å². The van der Waals surface area contributed by atoms with E-state index in [4.69, 9.17) is 23.7 Å². The zero-order valence-electron chi connectivity index (χ0n) is 35.1. The lowest BCUT2D eigenvalue weighted by Gasteiger charge is -2.35. The minimum absolute atomic E-state index is 0.0613. The van der Waals surface area contributed by atoms with Crippen LogP contribution in [0.2, 0.25) is 0 Å². The number of benzene rings is 4. The second kappa shape index (κ2) is 15.8. The van der Waals surface area contributed by atoms with Gasteiger partial charge in [-0.3, -0.25) is 9.59 Å². The Labute approximate surface area is 354 Å². The molecule has 0 aliphatic carbocycles. The summed E-state index contributed by atoms with van der Waals surface area (Å²) in [6.07, 6.45) is 12.9. The topological polar surface area (TPSA) is 161 Å². The van der Waals surface area contributed by atoms with Crippen molar-refractivity contribution in [2.24, 2.45) is 0 Å². The van der Waals surface area contributed by atoms with Gasteiger partial charge in [0.1, 0.15) is 92.0 Å². The fourth-order valence-electron chi connectivity index (χ4n) is 8.31. The van der Waals surface area contributed by atoms with Crippen LogP contribution in [0.4, 0.5) is 0 Å². The van der Waals surface area contributed by atoms with Gasteiger partial charge in [-0.05, 0) is 116 Å². The molecule has 0 bridgehead atoms. The first kappa shape index (κ1) is 41.1. The maximum atomic E-state index is 13.7. The first-order chi connectivity index (χ1) is 29.0. The van der Waals surface area contributed by atoms with Gasteiger partial charge in [-0.25, -0.2) is 0 Å². The van der Waals surface area contributed by atoms with Crippen LogP contribution in [0, 0.1) is 0 Å². The first-order valence-electron chi connectivity index (χ1n) is 20.6. The lowest BCUT2D eigenvalue weighted by molar-refractivity contribution is 0.0825. The molecule has 4 N–H and O–H groups in total. The van der Waals surface area contributed by atoms with E-state index in [0.29, 0.717) is 46.6 Å². The molecular formula is C50H50O11. The molecule has 316 valence electrons. The molecule has 4 aromatic carbocycles. The molecule has 0 radical (unpaired) electrons. The normalized spacial score (nSPS) is 21.9. The van der Waals surface area contributed by atoms with Crippen LogP contribution in [0.1, 0.15) is 135 Å². The van der Waals surface area contributed by atoms with Gasteiger partial charge in [0.15, 0.2) is 11.6 Å². The molecule has 4 aliphatic rings. The predicted octanol–water partition coefficient (Wildman–Crippen LogP) is 11.5. The van der Waals surface area contributed by atoms with E-state index in [-0.39, 0.29) is 81.5 Å². The average Bonchev–Trinajstić information content (AvgIpc) is 3.17. The van der Waals surface area contributed by atoms with Crippen LogP contribution in [0.25, 0.3) is 12.2 Å². The van der Waals surface area contributed by atoms with Crippen molar-refractivity contribution in [2.75, 3.05) is 0 Å². The molecule has 4 unspecified atom stereocenters. The number of hydrogen-bond donors (Lipinski definition) is 4. The molecule has 11 nitrogen and oxygen atoms in total. The Morgan fingerprint density at radius 2 is 1.16 bits per heavy atom. The molecule has 4 atom stereocenters. The number of carbonyl (C=O) groups excluding carboxylic acids is 2. The van der Waals surface area contributed by atoms with Gasteiger partial charge in [-0.1, -0.05) is 23.3 Å². The molecule has 11 heteroatoms. The third-order valence-corrected chi connectivity index (χ3v) is 11.5. The lowest BCUT2D eigenvalue weighted by Crippen LogP contribution is -2.32. The number of ketones is 2. The smallest absolute Gasteiger partial charge is 0.174 e. The van der Waals surface area contributed by atoms with E-state index in [9.17, 15) is 30.0 Å². The molecule has 61 heavy (non-hydrogen) atoms. The molecule has 0 amide bonds. The van der Waals surface area contributed by atoms with E-state index < -0.39 is 23.4 Å². The van der Waals surface area contributed by atoms with E-state index in [1.54, 1.807) is 18.2 Å². The molecule has 4 heterocycles. The second-order valence-electron chi connectivity index (χ2n) is 17.2. The second-order valence-corrected chi connectivity index (χ2v) is 17.2. The molecule has 0 fully saturated rings. The van der Waals surface area contributed by atoms with Crippen LogP contribution in [0.3, 0.4) is 0 Å². The highest BCUT2D eigenvalue weighted by Gasteiger charge is 2.39. The number of Topliss-reactive ketones (excluding diaryl/α,β-unsaturated/α-hetero) is 2. The highest BCUT2D eigenvalue weighted by Crippen LogP contribution is 2.52. The first-order valence-corrected chi connectivity index (χ1v) is 20.6. The third-order valence-electron chi connectivity index (χ3n) is 11.5. The van der Waals surface area contributed by atoms with E-state index >= 15 is 0 Å². The van der Waals surface area contributed by atoms with Crippen molar-refractivity contribution < 1.29 is 53.7 Å². The molecule has 4 aliphatic heterocycles. The fraction of sp³-hybridized carbons (Fsp3) is 0.320. The van der Waals surface area contributed by atoms with Gasteiger partial charge in [-0.2, -0.15) is 0 Å². The molecule has 0 saturated heterocycles. The van der Waals surface area contributed by atoms with Crippen molar-refractivity contribution >= 4 is 23.7 Å². The number of allylic oxidation sites excluding steroid dienone is 4. The van der Waals surface area contributed by atoms with Crippen molar-refractivity contribution in [3.8, 4) is 57.5 Å². The van der Waals surface area contributed by atoms with Crippen molar-refractivity contribution in [1.29, 1.82) is 0 Å². The van der Waals surface area contributed by atoms with Gasteiger partial charge in [-0.15, -0.1) is 0 Å². The average molecular weight is 827 g/mol. The molecule has 4 aromatic rings. The molecule has 0 saturated carbocycles. The Hall–Kier alpha value is -6.62. The van der Waals surface area contributed by atoms with E-state index in [1.807, 2.05) is 65.8 Å². The number of aromatic hydroxyl groups is 4. The minimum atomic E-state index is -0.895. The summed E-state index contributed by atoms with van der Waals surface area (Å²) in [7, 11) is 0. The molecular weight excluding hydrogens is 777 g/mol. The number of rotatable bonds is 10. The van der Waals surface area contributed by atoms with Gasteiger partial charge >= 0.3 is 0 Å². The Kier molecular flexibility index (Phi) is 10.6. The van der Waals surface area contributed by atoms with Crippen LogP contribution in [-0.4, -0.2) is 43.2 Å². The van der Waals surface area contributed by atoms with Crippen molar-refractivity contribution in [2.45, 2.75) is 103 Å². The number of fused-ring (bicyclic) bond motifs is 6. The summed E-state index contributed by atoms with van der Waals surface area (Å²) in [4.78, 5) is 27.2. The van der Waals surface area contributed by atoms with Gasteiger partial charge in [0.05, 0.1) is 24.0 Å². The van der Waals surface area contributed by atoms with Crippen LogP contribution < -0.4 is 23.7 Å². The molecule has 0 spiro atoms. The molecule has 8 rings (SSSR count). The van der Waals surface area contributed by atoms with Crippen molar-refractivity contribution in [1.82, 2.24) is 0 Å². The van der Waals surface area contributed by atoms with Crippen LogP contribution in [-0.2, 0) is 0 Å². The molecule has 0 aromatic heterocycles. The summed E-state index contributed by atoms with van der Waals surface area (Å²) in [5.41, 5.74) is 3.10. The standard InChI is InChI=1S/C50H50O11/c1-27(2)9-7-17-49(5)19-15-33-43(60-49)25-38(55)45-36(53)23-41(58-47(33)45)31-14-12-30(22-35(31)52)57-40-21-29(51)11-13-32(40)42-24-37(54)46-39(56)26-44-34(48(46)59-42)16-20-50(6,61-44)18-8-10-28(3)4/h9-16,19-22,25-26,41-42,51-52,55-56H,7-8,17-18,23-24H2,1-6H3. The number of carbonyl (C=O) groups is 2. The Morgan fingerprint density at radius 3 is 1.66 bits per heavy atom. The van der Waals surface area contributed by atoms with Gasteiger partial charge < -0.3 is 44.1 Å². The number of hydrogen-bond acceptors (Lipinski definition) is 11. The number of ether oxygens (including phenoxy) is 5. The Balaban J connectivity index is 1.03. The van der Waals surface area contributed by atoms with Crippen molar-refractivity contribution in [3.63, 3.8) is 0 Å².